The SMILES string of the molecule is COc1cccc(-n2c(C)cc(C(=O)Nc3ccc(F)c(-n4nnnc4C)c3)c2C)c1. The number of amides is 1. The van der Waals surface area contributed by atoms with Gasteiger partial charge in [-0.2, -0.15) is 4.68 Å². The molecule has 8 nitrogen and oxygen atoms in total. The molecule has 0 saturated heterocycles. The highest BCUT2D eigenvalue weighted by molar-refractivity contribution is 6.05. The Kier molecular flexibility index (Phi) is 5.24. The molecule has 31 heavy (non-hydrogen) atoms. The van der Waals surface area contributed by atoms with Gasteiger partial charge in [0.05, 0.1) is 12.7 Å². The van der Waals surface area contributed by atoms with Gasteiger partial charge in [-0.3, -0.25) is 4.79 Å². The molecule has 0 bridgehead atoms. The Labute approximate surface area is 178 Å². The van der Waals surface area contributed by atoms with Crippen molar-refractivity contribution in [2.24, 2.45) is 0 Å². The maximum atomic E-state index is 14.3. The molecule has 4 rings (SSSR count). The average Bonchev–Trinajstić information content (AvgIpc) is 3.31. The number of hydrogen-bond acceptors (Lipinski definition) is 5. The molecule has 2 heterocycles. The monoisotopic (exact) mass is 420 g/mol. The number of tetrazole rings is 1. The summed E-state index contributed by atoms with van der Waals surface area (Å²) in [5.74, 6) is 0.370. The molecule has 0 saturated carbocycles. The largest absolute Gasteiger partial charge is 0.497 e. The van der Waals surface area contributed by atoms with Crippen LogP contribution in [0, 0.1) is 26.6 Å². The first-order valence-electron chi connectivity index (χ1n) is 9.58. The number of rotatable bonds is 5. The van der Waals surface area contributed by atoms with Crippen molar-refractivity contribution in [1.82, 2.24) is 24.8 Å². The normalized spacial score (nSPS) is 10.9. The number of ether oxygens (including phenoxy) is 1. The molecule has 0 aliphatic rings. The molecule has 0 unspecified atom stereocenters. The lowest BCUT2D eigenvalue weighted by Gasteiger charge is -2.12. The van der Waals surface area contributed by atoms with Crippen LogP contribution in [-0.4, -0.2) is 37.8 Å². The van der Waals surface area contributed by atoms with Crippen molar-refractivity contribution in [3.8, 4) is 17.1 Å². The summed E-state index contributed by atoms with van der Waals surface area (Å²) < 4.78 is 22.9. The van der Waals surface area contributed by atoms with Gasteiger partial charge in [0.15, 0.2) is 5.82 Å². The van der Waals surface area contributed by atoms with Gasteiger partial charge in [0.25, 0.3) is 5.91 Å². The third-order valence-corrected chi connectivity index (χ3v) is 5.04. The number of aromatic nitrogens is 5. The van der Waals surface area contributed by atoms with Gasteiger partial charge in [-0.15, -0.1) is 5.10 Å². The van der Waals surface area contributed by atoms with E-state index in [1.807, 2.05) is 48.7 Å². The van der Waals surface area contributed by atoms with E-state index in [2.05, 4.69) is 20.8 Å². The summed E-state index contributed by atoms with van der Waals surface area (Å²) in [5.41, 5.74) is 3.68. The van der Waals surface area contributed by atoms with Gasteiger partial charge < -0.3 is 14.6 Å². The highest BCUT2D eigenvalue weighted by Gasteiger charge is 2.18. The second-order valence-electron chi connectivity index (χ2n) is 7.08. The van der Waals surface area contributed by atoms with Crippen molar-refractivity contribution in [3.05, 3.63) is 77.1 Å². The zero-order chi connectivity index (χ0) is 22.1. The number of methoxy groups -OCH3 is 1. The van der Waals surface area contributed by atoms with Gasteiger partial charge in [-0.05, 0) is 67.6 Å². The van der Waals surface area contributed by atoms with Crippen LogP contribution in [0.25, 0.3) is 11.4 Å². The van der Waals surface area contributed by atoms with Gasteiger partial charge in [0.2, 0.25) is 0 Å². The van der Waals surface area contributed by atoms with Crippen LogP contribution in [0.2, 0.25) is 0 Å². The van der Waals surface area contributed by atoms with E-state index in [0.29, 0.717) is 17.1 Å². The molecule has 158 valence electrons. The highest BCUT2D eigenvalue weighted by atomic mass is 19.1. The van der Waals surface area contributed by atoms with Crippen molar-refractivity contribution in [2.45, 2.75) is 20.8 Å². The fraction of sp³-hybridized carbons (Fsp3) is 0.182. The topological polar surface area (TPSA) is 86.9 Å². The summed E-state index contributed by atoms with van der Waals surface area (Å²) in [6, 6.07) is 13.7. The molecule has 2 aromatic carbocycles. The van der Waals surface area contributed by atoms with E-state index in [1.165, 1.54) is 22.9 Å². The van der Waals surface area contributed by atoms with Crippen LogP contribution in [0.3, 0.4) is 0 Å². The van der Waals surface area contributed by atoms with Crippen molar-refractivity contribution in [2.75, 3.05) is 12.4 Å². The van der Waals surface area contributed by atoms with Gasteiger partial charge in [0.1, 0.15) is 17.3 Å². The molecule has 4 aromatic rings. The molecule has 0 aliphatic carbocycles. The maximum absolute atomic E-state index is 14.3. The number of halogens is 1. The lowest BCUT2D eigenvalue weighted by molar-refractivity contribution is 0.102. The molecular weight excluding hydrogens is 399 g/mol. The number of hydrogen-bond donors (Lipinski definition) is 1. The van der Waals surface area contributed by atoms with Crippen molar-refractivity contribution >= 4 is 11.6 Å². The fourth-order valence-electron chi connectivity index (χ4n) is 3.55. The Bertz CT molecular complexity index is 1280. The zero-order valence-electron chi connectivity index (χ0n) is 17.5. The van der Waals surface area contributed by atoms with E-state index in [0.717, 1.165) is 22.8 Å². The number of carbonyl (C=O) groups is 1. The predicted octanol–water partition coefficient (Wildman–Crippen LogP) is 3.78. The van der Waals surface area contributed by atoms with E-state index in [-0.39, 0.29) is 11.6 Å². The van der Waals surface area contributed by atoms with Crippen LogP contribution in [0.5, 0.6) is 5.75 Å². The molecule has 0 spiro atoms. The van der Waals surface area contributed by atoms with Crippen LogP contribution >= 0.6 is 0 Å². The van der Waals surface area contributed by atoms with Crippen LogP contribution in [0.15, 0.2) is 48.5 Å². The molecule has 0 fully saturated rings. The number of nitrogens with one attached hydrogen (secondary N) is 1. The average molecular weight is 420 g/mol. The van der Waals surface area contributed by atoms with Crippen molar-refractivity contribution < 1.29 is 13.9 Å². The number of nitrogens with zero attached hydrogens (tertiary/aromatic N) is 5. The second-order valence-corrected chi connectivity index (χ2v) is 7.08. The molecule has 1 N–H and O–H groups in total. The van der Waals surface area contributed by atoms with E-state index in [4.69, 9.17) is 4.74 Å². The van der Waals surface area contributed by atoms with E-state index in [1.54, 1.807) is 14.0 Å². The molecular formula is C22H21FN6O2. The minimum atomic E-state index is -0.496. The van der Waals surface area contributed by atoms with Crippen LogP contribution < -0.4 is 10.1 Å². The first-order chi connectivity index (χ1) is 14.9. The first kappa shape index (κ1) is 20.3. The highest BCUT2D eigenvalue weighted by Crippen LogP contribution is 2.25. The summed E-state index contributed by atoms with van der Waals surface area (Å²) >= 11 is 0. The lowest BCUT2D eigenvalue weighted by atomic mass is 10.2. The summed E-state index contributed by atoms with van der Waals surface area (Å²) in [5, 5.41) is 13.9. The first-order valence-corrected chi connectivity index (χ1v) is 9.58. The van der Waals surface area contributed by atoms with Gasteiger partial charge in [0, 0.05) is 28.8 Å². The molecule has 2 aromatic heterocycles. The number of aryl methyl sites for hydroxylation is 2. The number of benzene rings is 2. The van der Waals surface area contributed by atoms with E-state index in [9.17, 15) is 9.18 Å². The van der Waals surface area contributed by atoms with Gasteiger partial charge in [-0.1, -0.05) is 6.07 Å². The third-order valence-electron chi connectivity index (χ3n) is 5.04. The molecule has 0 aliphatic heterocycles. The van der Waals surface area contributed by atoms with Gasteiger partial charge >= 0.3 is 0 Å². The van der Waals surface area contributed by atoms with Crippen LogP contribution in [0.1, 0.15) is 27.6 Å². The van der Waals surface area contributed by atoms with Crippen molar-refractivity contribution in [1.29, 1.82) is 0 Å². The molecule has 1 amide bonds. The minimum Gasteiger partial charge on any atom is -0.497 e. The smallest absolute Gasteiger partial charge is 0.257 e. The van der Waals surface area contributed by atoms with Crippen LogP contribution in [-0.2, 0) is 0 Å². The summed E-state index contributed by atoms with van der Waals surface area (Å²) in [6.45, 7) is 5.47. The quantitative estimate of drug-likeness (QED) is 0.531. The summed E-state index contributed by atoms with van der Waals surface area (Å²) in [4.78, 5) is 13.0. The molecule has 9 heteroatoms. The molecule has 0 radical (unpaired) electrons. The Morgan fingerprint density at radius 1 is 1.10 bits per heavy atom. The van der Waals surface area contributed by atoms with Crippen molar-refractivity contribution in [3.63, 3.8) is 0 Å². The van der Waals surface area contributed by atoms with E-state index >= 15 is 0 Å². The van der Waals surface area contributed by atoms with Gasteiger partial charge in [-0.25, -0.2) is 4.39 Å². The second kappa shape index (κ2) is 8.02. The molecule has 0 atom stereocenters. The van der Waals surface area contributed by atoms with Crippen LogP contribution in [0.4, 0.5) is 10.1 Å². The minimum absolute atomic E-state index is 0.155. The summed E-state index contributed by atoms with van der Waals surface area (Å²) in [6.07, 6.45) is 0. The Hall–Kier alpha value is -4.01. The number of carbonyl (C=O) groups excluding carboxylic acids is 1. The standard InChI is InChI=1S/C22H21FN6O2/c1-13-10-19(14(2)28(13)17-6-5-7-18(12-17)31-4)22(30)24-16-8-9-20(23)21(11-16)29-15(3)25-26-27-29/h5-12H,1-4H3,(H,24,30). The maximum Gasteiger partial charge on any atom is 0.257 e. The Balaban J connectivity index is 1.65. The number of anilines is 1. The third kappa shape index (κ3) is 3.77. The summed E-state index contributed by atoms with van der Waals surface area (Å²) in [7, 11) is 1.61. The van der Waals surface area contributed by atoms with E-state index < -0.39 is 5.82 Å². The lowest BCUT2D eigenvalue weighted by Crippen LogP contribution is -2.14. The fourth-order valence-corrected chi connectivity index (χ4v) is 3.55. The predicted molar refractivity (Wildman–Crippen MR) is 114 cm³/mol. The zero-order valence-corrected chi connectivity index (χ0v) is 17.5. The Morgan fingerprint density at radius 3 is 2.61 bits per heavy atom. The Morgan fingerprint density at radius 2 is 1.90 bits per heavy atom.